The number of alkyl halides is 4. The molecule has 0 saturated carbocycles. The molecule has 12 heteroatoms. The van der Waals surface area contributed by atoms with Gasteiger partial charge < -0.3 is 10.1 Å². The number of hydrogen-bond donors (Lipinski definition) is 1. The summed E-state index contributed by atoms with van der Waals surface area (Å²) in [5.41, 5.74) is -1.85. The summed E-state index contributed by atoms with van der Waals surface area (Å²) in [5, 5.41) is 9.71. The molecule has 0 aliphatic carbocycles. The van der Waals surface area contributed by atoms with E-state index < -0.39 is 42.2 Å². The molecule has 0 radical (unpaired) electrons. The lowest BCUT2D eigenvalue weighted by molar-refractivity contribution is -0.119. The van der Waals surface area contributed by atoms with Crippen LogP contribution in [-0.2, 0) is 16.1 Å². The standard InChI is InChI=1S/C15H17F4N5O3/c1-4-23-6-9(11(22-23)15(26)27-3)20-14(25)7(2)24-10(13(18)19)5-8(21-24)12(16)17/h5-7,12-13H,4H2,1-3H3,(H,20,25). The van der Waals surface area contributed by atoms with Crippen LogP contribution in [0.1, 0.15) is 54.6 Å². The number of anilines is 1. The van der Waals surface area contributed by atoms with Crippen LogP contribution in [0, 0.1) is 0 Å². The van der Waals surface area contributed by atoms with Crippen LogP contribution in [0.25, 0.3) is 0 Å². The highest BCUT2D eigenvalue weighted by atomic mass is 19.3. The Labute approximate surface area is 151 Å². The molecule has 8 nitrogen and oxygen atoms in total. The molecule has 2 heterocycles. The molecule has 148 valence electrons. The number of nitrogens with one attached hydrogen (secondary N) is 1. The van der Waals surface area contributed by atoms with Crippen LogP contribution in [0.4, 0.5) is 23.2 Å². The average Bonchev–Trinajstić information content (AvgIpc) is 3.24. The van der Waals surface area contributed by atoms with Crippen LogP contribution < -0.4 is 5.32 Å². The SMILES string of the molecule is CCn1cc(NC(=O)C(C)n2nc(C(F)F)cc2C(F)F)c(C(=O)OC)n1. The first-order valence-corrected chi connectivity index (χ1v) is 7.81. The van der Waals surface area contributed by atoms with E-state index >= 15 is 0 Å². The molecule has 1 unspecified atom stereocenters. The summed E-state index contributed by atoms with van der Waals surface area (Å²) in [4.78, 5) is 24.2. The van der Waals surface area contributed by atoms with Crippen molar-refractivity contribution in [3.05, 3.63) is 29.3 Å². The van der Waals surface area contributed by atoms with E-state index in [1.807, 2.05) is 0 Å². The van der Waals surface area contributed by atoms with Crippen molar-refractivity contribution in [1.82, 2.24) is 19.6 Å². The van der Waals surface area contributed by atoms with Gasteiger partial charge in [-0.25, -0.2) is 22.4 Å². The molecule has 0 aliphatic rings. The number of carbonyl (C=O) groups is 2. The number of nitrogens with zero attached hydrogens (tertiary/aromatic N) is 4. The second kappa shape index (κ2) is 8.18. The first-order chi connectivity index (χ1) is 12.7. The number of methoxy groups -OCH3 is 1. The van der Waals surface area contributed by atoms with Gasteiger partial charge in [0.1, 0.15) is 17.4 Å². The molecule has 1 amide bonds. The molecule has 0 saturated heterocycles. The fourth-order valence-electron chi connectivity index (χ4n) is 2.28. The lowest BCUT2D eigenvalue weighted by atomic mass is 10.2. The Bertz CT molecular complexity index is 834. The van der Waals surface area contributed by atoms with E-state index in [2.05, 4.69) is 20.3 Å². The number of carbonyl (C=O) groups excluding carboxylic acids is 2. The highest BCUT2D eigenvalue weighted by molar-refractivity contribution is 6.00. The van der Waals surface area contributed by atoms with Gasteiger partial charge in [-0.3, -0.25) is 14.2 Å². The smallest absolute Gasteiger partial charge is 0.360 e. The van der Waals surface area contributed by atoms with E-state index in [1.54, 1.807) is 6.92 Å². The minimum absolute atomic E-state index is 0.000358. The predicted molar refractivity (Wildman–Crippen MR) is 84.7 cm³/mol. The van der Waals surface area contributed by atoms with Gasteiger partial charge >= 0.3 is 5.97 Å². The normalized spacial score (nSPS) is 12.5. The number of rotatable bonds is 7. The molecule has 0 bridgehead atoms. The third-order valence-electron chi connectivity index (χ3n) is 3.70. The van der Waals surface area contributed by atoms with Crippen molar-refractivity contribution in [1.29, 1.82) is 0 Å². The zero-order valence-electron chi connectivity index (χ0n) is 14.6. The Morgan fingerprint density at radius 2 is 1.89 bits per heavy atom. The first kappa shape index (κ1) is 20.4. The summed E-state index contributed by atoms with van der Waals surface area (Å²) in [6, 6.07) is -0.800. The molecule has 2 rings (SSSR count). The molecule has 1 N–H and O–H groups in total. The highest BCUT2D eigenvalue weighted by Crippen LogP contribution is 2.28. The second-order valence-corrected chi connectivity index (χ2v) is 5.44. The summed E-state index contributed by atoms with van der Waals surface area (Å²) < 4.78 is 58.2. The zero-order valence-corrected chi connectivity index (χ0v) is 14.6. The Morgan fingerprint density at radius 1 is 1.22 bits per heavy atom. The monoisotopic (exact) mass is 391 g/mol. The average molecular weight is 391 g/mol. The van der Waals surface area contributed by atoms with Crippen molar-refractivity contribution in [3.63, 3.8) is 0 Å². The third-order valence-corrected chi connectivity index (χ3v) is 3.70. The van der Waals surface area contributed by atoms with Gasteiger partial charge in [0, 0.05) is 12.7 Å². The maximum absolute atomic E-state index is 13.1. The lowest BCUT2D eigenvalue weighted by Gasteiger charge is -2.15. The molecule has 2 aromatic heterocycles. The molecule has 0 aliphatic heterocycles. The molecular formula is C15H17F4N5O3. The molecular weight excluding hydrogens is 374 g/mol. The summed E-state index contributed by atoms with van der Waals surface area (Å²) in [6.07, 6.45) is -4.81. The van der Waals surface area contributed by atoms with Gasteiger partial charge in [0.2, 0.25) is 5.91 Å². The Kier molecular flexibility index (Phi) is 6.18. The summed E-state index contributed by atoms with van der Waals surface area (Å²) in [5.74, 6) is -1.65. The van der Waals surface area contributed by atoms with Crippen molar-refractivity contribution in [2.75, 3.05) is 12.4 Å². The maximum atomic E-state index is 13.1. The van der Waals surface area contributed by atoms with Gasteiger partial charge in [0.25, 0.3) is 12.9 Å². The number of amides is 1. The van der Waals surface area contributed by atoms with Gasteiger partial charge in [0.15, 0.2) is 5.69 Å². The van der Waals surface area contributed by atoms with E-state index in [9.17, 15) is 27.2 Å². The van der Waals surface area contributed by atoms with Crippen LogP contribution in [0.2, 0.25) is 0 Å². The van der Waals surface area contributed by atoms with Crippen LogP contribution in [0.15, 0.2) is 12.3 Å². The summed E-state index contributed by atoms with van der Waals surface area (Å²) in [7, 11) is 1.13. The Hall–Kier alpha value is -2.92. The topological polar surface area (TPSA) is 91.0 Å². The number of ether oxygens (including phenoxy) is 1. The van der Waals surface area contributed by atoms with Crippen molar-refractivity contribution >= 4 is 17.6 Å². The largest absolute Gasteiger partial charge is 0.464 e. The molecule has 0 spiro atoms. The molecule has 2 aromatic rings. The molecule has 0 fully saturated rings. The van der Waals surface area contributed by atoms with Crippen LogP contribution >= 0.6 is 0 Å². The van der Waals surface area contributed by atoms with Gasteiger partial charge in [-0.15, -0.1) is 0 Å². The van der Waals surface area contributed by atoms with Crippen LogP contribution in [-0.4, -0.2) is 38.5 Å². The quantitative estimate of drug-likeness (QED) is 0.579. The molecule has 1 atom stereocenters. The zero-order chi connectivity index (χ0) is 20.3. The van der Waals surface area contributed by atoms with Gasteiger partial charge in [-0.1, -0.05) is 0 Å². The van der Waals surface area contributed by atoms with E-state index in [-0.39, 0.29) is 11.4 Å². The number of aromatic nitrogens is 4. The van der Waals surface area contributed by atoms with Crippen molar-refractivity contribution in [2.24, 2.45) is 0 Å². The van der Waals surface area contributed by atoms with Crippen molar-refractivity contribution in [3.8, 4) is 0 Å². The van der Waals surface area contributed by atoms with E-state index in [0.717, 1.165) is 7.11 Å². The number of hydrogen-bond acceptors (Lipinski definition) is 5. The van der Waals surface area contributed by atoms with E-state index in [1.165, 1.54) is 17.8 Å². The molecule has 0 aromatic carbocycles. The number of halogens is 4. The van der Waals surface area contributed by atoms with E-state index in [4.69, 9.17) is 0 Å². The highest BCUT2D eigenvalue weighted by Gasteiger charge is 2.28. The minimum atomic E-state index is -3.10. The fourth-order valence-corrected chi connectivity index (χ4v) is 2.28. The lowest BCUT2D eigenvalue weighted by Crippen LogP contribution is -2.26. The predicted octanol–water partition coefficient (Wildman–Crippen LogP) is 2.96. The van der Waals surface area contributed by atoms with Gasteiger partial charge in [-0.05, 0) is 19.9 Å². The third kappa shape index (κ3) is 4.26. The number of esters is 1. The van der Waals surface area contributed by atoms with Gasteiger partial charge in [-0.2, -0.15) is 10.2 Å². The van der Waals surface area contributed by atoms with E-state index in [0.29, 0.717) is 17.3 Å². The van der Waals surface area contributed by atoms with Crippen LogP contribution in [0.3, 0.4) is 0 Å². The second-order valence-electron chi connectivity index (χ2n) is 5.44. The van der Waals surface area contributed by atoms with Gasteiger partial charge in [0.05, 0.1) is 12.8 Å². The number of aryl methyl sites for hydroxylation is 1. The first-order valence-electron chi connectivity index (χ1n) is 7.81. The fraction of sp³-hybridized carbons (Fsp3) is 0.467. The Balaban J connectivity index is 2.31. The summed E-state index contributed by atoms with van der Waals surface area (Å²) in [6.45, 7) is 3.35. The van der Waals surface area contributed by atoms with Crippen LogP contribution in [0.5, 0.6) is 0 Å². The minimum Gasteiger partial charge on any atom is -0.464 e. The van der Waals surface area contributed by atoms with Crippen molar-refractivity contribution < 1.29 is 31.9 Å². The summed E-state index contributed by atoms with van der Waals surface area (Å²) >= 11 is 0. The molecule has 27 heavy (non-hydrogen) atoms. The van der Waals surface area contributed by atoms with Crippen molar-refractivity contribution in [2.45, 2.75) is 39.3 Å². The Morgan fingerprint density at radius 3 is 2.41 bits per heavy atom. The maximum Gasteiger partial charge on any atom is 0.360 e.